The minimum atomic E-state index is -0.379. The van der Waals surface area contributed by atoms with Gasteiger partial charge in [0.2, 0.25) is 0 Å². The summed E-state index contributed by atoms with van der Waals surface area (Å²) >= 11 is 0. The third kappa shape index (κ3) is 2.68. The van der Waals surface area contributed by atoms with Crippen molar-refractivity contribution in [1.82, 2.24) is 5.43 Å². The molecule has 0 amide bonds. The first-order valence-electron chi connectivity index (χ1n) is 9.18. The average Bonchev–Trinajstić information content (AvgIpc) is 3.21. The van der Waals surface area contributed by atoms with Crippen LogP contribution in [0.25, 0.3) is 21.5 Å². The molecule has 4 aromatic carbocycles. The van der Waals surface area contributed by atoms with Gasteiger partial charge in [-0.1, -0.05) is 60.7 Å². The Balaban J connectivity index is 1.56. The maximum absolute atomic E-state index is 10.9. The Kier molecular flexibility index (Phi) is 3.79. The van der Waals surface area contributed by atoms with Gasteiger partial charge in [0.15, 0.2) is 0 Å². The van der Waals surface area contributed by atoms with E-state index in [0.717, 1.165) is 23.3 Å². The maximum Gasteiger partial charge on any atom is 0.269 e. The molecule has 28 heavy (non-hydrogen) atoms. The Labute approximate surface area is 161 Å². The number of benzene rings is 4. The summed E-state index contributed by atoms with van der Waals surface area (Å²) in [7, 11) is 0. The molecule has 0 aromatic heterocycles. The second-order valence-electron chi connectivity index (χ2n) is 6.99. The van der Waals surface area contributed by atoms with Crippen LogP contribution in [-0.4, -0.2) is 10.6 Å². The molecule has 4 aromatic rings. The summed E-state index contributed by atoms with van der Waals surface area (Å²) in [5.74, 6) is 0. The SMILES string of the molecule is O=[N+]([O-])c1ccc(C2CC(c3c4ccccc4cc4ccccc34)=NN2)cc1. The van der Waals surface area contributed by atoms with Crippen LogP contribution in [0.2, 0.25) is 0 Å². The van der Waals surface area contributed by atoms with Crippen LogP contribution in [-0.2, 0) is 0 Å². The van der Waals surface area contributed by atoms with Crippen LogP contribution in [0.5, 0.6) is 0 Å². The molecule has 1 aliphatic rings. The van der Waals surface area contributed by atoms with Crippen LogP contribution < -0.4 is 5.43 Å². The molecule has 136 valence electrons. The van der Waals surface area contributed by atoms with Crippen LogP contribution in [0.15, 0.2) is 84.0 Å². The van der Waals surface area contributed by atoms with E-state index in [9.17, 15) is 10.1 Å². The molecule has 1 N–H and O–H groups in total. The molecule has 0 bridgehead atoms. The van der Waals surface area contributed by atoms with Crippen molar-refractivity contribution in [2.45, 2.75) is 12.5 Å². The van der Waals surface area contributed by atoms with Gasteiger partial charge in [-0.15, -0.1) is 0 Å². The third-order valence-electron chi connectivity index (χ3n) is 5.32. The van der Waals surface area contributed by atoms with Gasteiger partial charge in [0.1, 0.15) is 0 Å². The lowest BCUT2D eigenvalue weighted by atomic mass is 9.91. The Morgan fingerprint density at radius 2 is 1.50 bits per heavy atom. The van der Waals surface area contributed by atoms with Gasteiger partial charge < -0.3 is 5.43 Å². The van der Waals surface area contributed by atoms with E-state index in [4.69, 9.17) is 0 Å². The molecule has 0 fully saturated rings. The molecule has 1 unspecified atom stereocenters. The van der Waals surface area contributed by atoms with E-state index in [0.29, 0.717) is 0 Å². The molecule has 0 aliphatic carbocycles. The number of nitro groups is 1. The fourth-order valence-electron chi connectivity index (χ4n) is 3.94. The molecular formula is C23H17N3O2. The van der Waals surface area contributed by atoms with E-state index in [1.54, 1.807) is 24.3 Å². The average molecular weight is 367 g/mol. The van der Waals surface area contributed by atoms with Crippen LogP contribution in [0.3, 0.4) is 0 Å². The lowest BCUT2D eigenvalue weighted by Crippen LogP contribution is -2.10. The molecule has 0 saturated heterocycles. The van der Waals surface area contributed by atoms with Crippen molar-refractivity contribution in [1.29, 1.82) is 0 Å². The van der Waals surface area contributed by atoms with Gasteiger partial charge in [-0.2, -0.15) is 5.10 Å². The zero-order valence-corrected chi connectivity index (χ0v) is 15.0. The summed E-state index contributed by atoms with van der Waals surface area (Å²) in [5.41, 5.74) is 6.48. The van der Waals surface area contributed by atoms with Crippen LogP contribution in [0.4, 0.5) is 5.69 Å². The number of hydrogen-bond donors (Lipinski definition) is 1. The van der Waals surface area contributed by atoms with Crippen molar-refractivity contribution in [3.8, 4) is 0 Å². The van der Waals surface area contributed by atoms with Gasteiger partial charge in [0.05, 0.1) is 16.7 Å². The zero-order chi connectivity index (χ0) is 19.1. The number of nitrogens with one attached hydrogen (secondary N) is 1. The summed E-state index contributed by atoms with van der Waals surface area (Å²) in [6, 6.07) is 25.6. The first-order chi connectivity index (χ1) is 13.7. The minimum Gasteiger partial charge on any atom is -0.302 e. The number of rotatable bonds is 3. The smallest absolute Gasteiger partial charge is 0.269 e. The number of nitro benzene ring substituents is 1. The van der Waals surface area contributed by atoms with E-state index >= 15 is 0 Å². The van der Waals surface area contributed by atoms with Gasteiger partial charge >= 0.3 is 0 Å². The monoisotopic (exact) mass is 367 g/mol. The predicted molar refractivity (Wildman–Crippen MR) is 112 cm³/mol. The second-order valence-corrected chi connectivity index (χ2v) is 6.99. The van der Waals surface area contributed by atoms with E-state index < -0.39 is 0 Å². The van der Waals surface area contributed by atoms with E-state index in [-0.39, 0.29) is 16.7 Å². The quantitative estimate of drug-likeness (QED) is 0.302. The minimum absolute atomic E-state index is 0.00790. The Morgan fingerprint density at radius 1 is 0.893 bits per heavy atom. The number of nitrogens with zero attached hydrogens (tertiary/aromatic N) is 2. The first-order valence-corrected chi connectivity index (χ1v) is 9.18. The Hall–Kier alpha value is -3.73. The highest BCUT2D eigenvalue weighted by molar-refractivity contribution is 6.21. The molecule has 0 radical (unpaired) electrons. The number of fused-ring (bicyclic) bond motifs is 2. The number of hydrazone groups is 1. The molecular weight excluding hydrogens is 350 g/mol. The van der Waals surface area contributed by atoms with Gasteiger partial charge in [-0.05, 0) is 33.2 Å². The molecule has 1 heterocycles. The summed E-state index contributed by atoms with van der Waals surface area (Å²) in [5, 5.41) is 20.3. The van der Waals surface area contributed by atoms with Crippen LogP contribution in [0.1, 0.15) is 23.6 Å². The van der Waals surface area contributed by atoms with E-state index in [2.05, 4.69) is 65.1 Å². The molecule has 1 aliphatic heterocycles. The molecule has 5 nitrogen and oxygen atoms in total. The predicted octanol–water partition coefficient (Wildman–Crippen LogP) is 5.34. The van der Waals surface area contributed by atoms with Crippen molar-refractivity contribution in [3.05, 3.63) is 100 Å². The standard InChI is InChI=1S/C23H17N3O2/c27-26(28)18-11-9-15(10-12-18)21-14-22(25-24-21)23-19-7-3-1-5-16(19)13-17-6-2-4-8-20(17)23/h1-13,21,24H,14H2. The highest BCUT2D eigenvalue weighted by Crippen LogP contribution is 2.33. The largest absolute Gasteiger partial charge is 0.302 e. The van der Waals surface area contributed by atoms with Crippen molar-refractivity contribution in [2.24, 2.45) is 5.10 Å². The van der Waals surface area contributed by atoms with E-state index in [1.807, 2.05) is 0 Å². The lowest BCUT2D eigenvalue weighted by Gasteiger charge is -2.12. The molecule has 5 rings (SSSR count). The third-order valence-corrected chi connectivity index (χ3v) is 5.32. The van der Waals surface area contributed by atoms with Crippen molar-refractivity contribution in [2.75, 3.05) is 0 Å². The number of non-ortho nitro benzene ring substituents is 1. The summed E-state index contributed by atoms with van der Waals surface area (Å²) in [6.07, 6.45) is 0.732. The van der Waals surface area contributed by atoms with E-state index in [1.165, 1.54) is 21.5 Å². The molecule has 5 heteroatoms. The Morgan fingerprint density at radius 3 is 2.11 bits per heavy atom. The lowest BCUT2D eigenvalue weighted by molar-refractivity contribution is -0.384. The number of hydrogen-bond acceptors (Lipinski definition) is 4. The van der Waals surface area contributed by atoms with Gasteiger partial charge in [0, 0.05) is 24.1 Å². The van der Waals surface area contributed by atoms with Crippen molar-refractivity contribution >= 4 is 32.9 Å². The molecule has 0 saturated carbocycles. The highest BCUT2D eigenvalue weighted by atomic mass is 16.6. The second kappa shape index (κ2) is 6.46. The fraction of sp³-hybridized carbons (Fsp3) is 0.0870. The van der Waals surface area contributed by atoms with Gasteiger partial charge in [0.25, 0.3) is 5.69 Å². The highest BCUT2D eigenvalue weighted by Gasteiger charge is 2.24. The summed E-state index contributed by atoms with van der Waals surface area (Å²) in [6.45, 7) is 0. The molecule has 1 atom stereocenters. The topological polar surface area (TPSA) is 67.5 Å². The van der Waals surface area contributed by atoms with Crippen molar-refractivity contribution in [3.63, 3.8) is 0 Å². The van der Waals surface area contributed by atoms with Crippen LogP contribution >= 0.6 is 0 Å². The van der Waals surface area contributed by atoms with Gasteiger partial charge in [-0.25, -0.2) is 0 Å². The summed E-state index contributed by atoms with van der Waals surface area (Å²) < 4.78 is 0. The fourth-order valence-corrected chi connectivity index (χ4v) is 3.94. The van der Waals surface area contributed by atoms with Crippen LogP contribution in [0, 0.1) is 10.1 Å². The van der Waals surface area contributed by atoms with Gasteiger partial charge in [-0.3, -0.25) is 10.1 Å². The normalized spacial score (nSPS) is 16.1. The maximum atomic E-state index is 10.9. The summed E-state index contributed by atoms with van der Waals surface area (Å²) in [4.78, 5) is 10.5. The molecule has 0 spiro atoms. The Bertz CT molecular complexity index is 1190. The van der Waals surface area contributed by atoms with Crippen molar-refractivity contribution < 1.29 is 4.92 Å². The zero-order valence-electron chi connectivity index (χ0n) is 15.0. The first kappa shape index (κ1) is 16.4.